The molecule has 4 rings (SSSR count). The summed E-state index contributed by atoms with van der Waals surface area (Å²) in [4.78, 5) is 35.5. The standard InChI is InChI=1S/C27H30F3N3O7/c1-6-8-13-38-25(35)33-17(14-39-26(33,3)4)22-21(24(34)37-7-2)32-23(40-22)16-9-11-18(36-5)20-15(16)10-12-19(31-20)27(28,29)30/h9-12,17H,6-8,13-14H2,1-5H3/t17-/m1/s1. The van der Waals surface area contributed by atoms with Gasteiger partial charge in [-0.25, -0.2) is 19.6 Å². The topological polar surface area (TPSA) is 113 Å². The first-order valence-electron chi connectivity index (χ1n) is 12.8. The van der Waals surface area contributed by atoms with E-state index in [1.54, 1.807) is 20.8 Å². The molecule has 1 aliphatic rings. The van der Waals surface area contributed by atoms with Gasteiger partial charge >= 0.3 is 18.2 Å². The number of hydrogen-bond acceptors (Lipinski definition) is 9. The van der Waals surface area contributed by atoms with Gasteiger partial charge in [0.2, 0.25) is 5.89 Å². The Morgan fingerprint density at radius 1 is 1.12 bits per heavy atom. The minimum atomic E-state index is -4.67. The van der Waals surface area contributed by atoms with Crippen LogP contribution < -0.4 is 4.74 Å². The number of nitrogens with zero attached hydrogens (tertiary/aromatic N) is 3. The Labute approximate surface area is 228 Å². The van der Waals surface area contributed by atoms with Crippen molar-refractivity contribution in [3.8, 4) is 17.2 Å². The number of halogens is 3. The first-order chi connectivity index (χ1) is 18.9. The summed E-state index contributed by atoms with van der Waals surface area (Å²) in [6.45, 7) is 7.16. The first-order valence-corrected chi connectivity index (χ1v) is 12.8. The number of unbranched alkanes of at least 4 members (excludes halogenated alkanes) is 1. The minimum Gasteiger partial charge on any atom is -0.494 e. The number of ether oxygens (including phenoxy) is 4. The van der Waals surface area contributed by atoms with E-state index in [-0.39, 0.29) is 59.4 Å². The Morgan fingerprint density at radius 2 is 1.88 bits per heavy atom. The Kier molecular flexibility index (Phi) is 8.24. The molecule has 10 nitrogen and oxygen atoms in total. The fourth-order valence-electron chi connectivity index (χ4n) is 4.44. The van der Waals surface area contributed by atoms with Crippen LogP contribution in [0.1, 0.15) is 68.5 Å². The lowest BCUT2D eigenvalue weighted by atomic mass is 10.1. The smallest absolute Gasteiger partial charge is 0.433 e. The Morgan fingerprint density at radius 3 is 2.52 bits per heavy atom. The molecule has 13 heteroatoms. The summed E-state index contributed by atoms with van der Waals surface area (Å²) in [5.41, 5.74) is -2.21. The highest BCUT2D eigenvalue weighted by atomic mass is 19.4. The van der Waals surface area contributed by atoms with Crippen molar-refractivity contribution in [3.63, 3.8) is 0 Å². The molecule has 0 aliphatic carbocycles. The second kappa shape index (κ2) is 11.3. The van der Waals surface area contributed by atoms with E-state index >= 15 is 0 Å². The number of rotatable bonds is 8. The summed E-state index contributed by atoms with van der Waals surface area (Å²) < 4.78 is 68.0. The number of pyridine rings is 1. The molecule has 1 atom stereocenters. The number of methoxy groups -OCH3 is 1. The number of amides is 1. The Balaban J connectivity index is 1.85. The van der Waals surface area contributed by atoms with Crippen LogP contribution in [0, 0.1) is 0 Å². The van der Waals surface area contributed by atoms with Crippen LogP contribution in [0.15, 0.2) is 28.7 Å². The van der Waals surface area contributed by atoms with Crippen molar-refractivity contribution < 1.29 is 46.1 Å². The highest BCUT2D eigenvalue weighted by Crippen LogP contribution is 2.42. The molecule has 0 N–H and O–H groups in total. The van der Waals surface area contributed by atoms with Gasteiger partial charge in [-0.05, 0) is 51.5 Å². The molecule has 0 saturated carbocycles. The molecule has 0 spiro atoms. The molecule has 0 bridgehead atoms. The van der Waals surface area contributed by atoms with Crippen molar-refractivity contribution in [2.24, 2.45) is 0 Å². The third-order valence-electron chi connectivity index (χ3n) is 6.39. The predicted molar refractivity (Wildman–Crippen MR) is 136 cm³/mol. The first kappa shape index (κ1) is 29.1. The summed E-state index contributed by atoms with van der Waals surface area (Å²) in [6, 6.07) is 4.13. The molecule has 3 heterocycles. The number of benzene rings is 1. The molecule has 0 unspecified atom stereocenters. The van der Waals surface area contributed by atoms with E-state index < -0.39 is 35.7 Å². The molecule has 3 aromatic rings. The number of oxazole rings is 1. The van der Waals surface area contributed by atoms with Crippen molar-refractivity contribution in [1.29, 1.82) is 0 Å². The van der Waals surface area contributed by atoms with Gasteiger partial charge in [0.25, 0.3) is 0 Å². The second-order valence-corrected chi connectivity index (χ2v) is 9.47. The van der Waals surface area contributed by atoms with Crippen molar-refractivity contribution >= 4 is 23.0 Å². The van der Waals surface area contributed by atoms with E-state index in [4.69, 9.17) is 23.4 Å². The zero-order valence-corrected chi connectivity index (χ0v) is 22.8. The van der Waals surface area contributed by atoms with E-state index in [2.05, 4.69) is 9.97 Å². The molecule has 1 aliphatic heterocycles. The summed E-state index contributed by atoms with van der Waals surface area (Å²) in [6.07, 6.45) is -3.84. The van der Waals surface area contributed by atoms with Gasteiger partial charge in [-0.1, -0.05) is 13.3 Å². The highest BCUT2D eigenvalue weighted by molar-refractivity contribution is 5.97. The second-order valence-electron chi connectivity index (χ2n) is 9.47. The van der Waals surface area contributed by atoms with E-state index in [1.165, 1.54) is 30.2 Å². The fraction of sp³-hybridized carbons (Fsp3) is 0.481. The molecule has 2 aromatic heterocycles. The van der Waals surface area contributed by atoms with Crippen LogP contribution in [-0.4, -0.2) is 59.6 Å². The van der Waals surface area contributed by atoms with E-state index in [0.717, 1.165) is 12.5 Å². The summed E-state index contributed by atoms with van der Waals surface area (Å²) >= 11 is 0. The predicted octanol–water partition coefficient (Wildman–Crippen LogP) is 6.14. The average Bonchev–Trinajstić information content (AvgIpc) is 3.48. The van der Waals surface area contributed by atoms with Gasteiger partial charge < -0.3 is 23.4 Å². The van der Waals surface area contributed by atoms with Crippen molar-refractivity contribution in [1.82, 2.24) is 14.9 Å². The summed E-state index contributed by atoms with van der Waals surface area (Å²) in [5.74, 6) is -0.785. The maximum atomic E-state index is 13.4. The maximum Gasteiger partial charge on any atom is 0.433 e. The number of fused-ring (bicyclic) bond motifs is 1. The minimum absolute atomic E-state index is 0.00435. The quantitative estimate of drug-likeness (QED) is 0.235. The van der Waals surface area contributed by atoms with Crippen LogP contribution in [0.25, 0.3) is 22.4 Å². The van der Waals surface area contributed by atoms with Gasteiger partial charge in [0.1, 0.15) is 28.7 Å². The summed E-state index contributed by atoms with van der Waals surface area (Å²) in [7, 11) is 1.31. The number of esters is 1. The average molecular weight is 566 g/mol. The molecule has 1 aromatic carbocycles. The lowest BCUT2D eigenvalue weighted by molar-refractivity contribution is -0.140. The maximum absolute atomic E-state index is 13.4. The molecular weight excluding hydrogens is 535 g/mol. The highest BCUT2D eigenvalue weighted by Gasteiger charge is 2.49. The lowest BCUT2D eigenvalue weighted by Gasteiger charge is -2.32. The van der Waals surface area contributed by atoms with Crippen molar-refractivity contribution in [3.05, 3.63) is 41.4 Å². The molecule has 40 heavy (non-hydrogen) atoms. The molecule has 1 saturated heterocycles. The summed E-state index contributed by atoms with van der Waals surface area (Å²) in [5, 5.41) is 0.245. The Bertz CT molecular complexity index is 1400. The van der Waals surface area contributed by atoms with Gasteiger partial charge in [-0.2, -0.15) is 13.2 Å². The largest absolute Gasteiger partial charge is 0.494 e. The van der Waals surface area contributed by atoms with Gasteiger partial charge in [-0.3, -0.25) is 4.90 Å². The van der Waals surface area contributed by atoms with Crippen LogP contribution in [0.2, 0.25) is 0 Å². The lowest BCUT2D eigenvalue weighted by Crippen LogP contribution is -2.45. The molecule has 216 valence electrons. The SMILES string of the molecule is CCCCOC(=O)N1[C@@H](c2oc(-c3ccc(OC)c4nc(C(F)(F)F)ccc34)nc2C(=O)OCC)COC1(C)C. The molecular formula is C27H30F3N3O7. The number of hydrogen-bond donors (Lipinski definition) is 0. The number of carbonyl (C=O) groups is 2. The fourth-order valence-corrected chi connectivity index (χ4v) is 4.44. The Hall–Kier alpha value is -3.87. The molecule has 0 radical (unpaired) electrons. The van der Waals surface area contributed by atoms with Gasteiger partial charge in [0.15, 0.2) is 11.5 Å². The number of carbonyl (C=O) groups excluding carboxylic acids is 2. The monoisotopic (exact) mass is 565 g/mol. The van der Waals surface area contributed by atoms with Gasteiger partial charge in [0.05, 0.1) is 26.9 Å². The normalized spacial score (nSPS) is 16.8. The third kappa shape index (κ3) is 5.55. The molecule has 1 fully saturated rings. The van der Waals surface area contributed by atoms with E-state index in [1.807, 2.05) is 6.92 Å². The third-order valence-corrected chi connectivity index (χ3v) is 6.39. The van der Waals surface area contributed by atoms with Crippen LogP contribution in [-0.2, 0) is 20.4 Å². The van der Waals surface area contributed by atoms with Gasteiger partial charge in [-0.15, -0.1) is 0 Å². The molecule has 1 amide bonds. The zero-order chi connectivity index (χ0) is 29.2. The number of aromatic nitrogens is 2. The van der Waals surface area contributed by atoms with Crippen LogP contribution in [0.3, 0.4) is 0 Å². The van der Waals surface area contributed by atoms with Crippen LogP contribution in [0.5, 0.6) is 5.75 Å². The van der Waals surface area contributed by atoms with E-state index in [0.29, 0.717) is 6.42 Å². The van der Waals surface area contributed by atoms with Gasteiger partial charge in [0, 0.05) is 10.9 Å². The zero-order valence-electron chi connectivity index (χ0n) is 22.8. The van der Waals surface area contributed by atoms with Crippen molar-refractivity contribution in [2.75, 3.05) is 26.9 Å². The van der Waals surface area contributed by atoms with Crippen molar-refractivity contribution in [2.45, 2.75) is 58.5 Å². The van der Waals surface area contributed by atoms with Crippen LogP contribution in [0.4, 0.5) is 18.0 Å². The number of alkyl halides is 3. The van der Waals surface area contributed by atoms with Crippen LogP contribution >= 0.6 is 0 Å². The van der Waals surface area contributed by atoms with E-state index in [9.17, 15) is 22.8 Å².